The molecular formula is C17H16N4O2S. The fourth-order valence-electron chi connectivity index (χ4n) is 2.72. The monoisotopic (exact) mass is 340 g/mol. The van der Waals surface area contributed by atoms with E-state index in [-0.39, 0.29) is 5.91 Å². The van der Waals surface area contributed by atoms with E-state index in [1.54, 1.807) is 17.3 Å². The second kappa shape index (κ2) is 6.09. The number of anilines is 1. The van der Waals surface area contributed by atoms with E-state index in [1.807, 2.05) is 30.3 Å². The normalized spacial score (nSPS) is 13.6. The maximum atomic E-state index is 12.6. The zero-order valence-corrected chi connectivity index (χ0v) is 14.0. The van der Waals surface area contributed by atoms with E-state index < -0.39 is 0 Å². The van der Waals surface area contributed by atoms with E-state index in [0.29, 0.717) is 31.1 Å². The van der Waals surface area contributed by atoms with Crippen molar-refractivity contribution in [1.29, 1.82) is 0 Å². The predicted molar refractivity (Wildman–Crippen MR) is 92.0 cm³/mol. The zero-order chi connectivity index (χ0) is 16.5. The maximum Gasteiger partial charge on any atom is 0.273 e. The minimum Gasteiger partial charge on any atom is -0.441 e. The molecule has 0 saturated heterocycles. The lowest BCUT2D eigenvalue weighted by Gasteiger charge is -2.24. The number of benzene rings is 1. The number of thiazole rings is 1. The van der Waals surface area contributed by atoms with Gasteiger partial charge in [0.15, 0.2) is 5.13 Å². The first-order valence-corrected chi connectivity index (χ1v) is 8.59. The van der Waals surface area contributed by atoms with Crippen LogP contribution >= 0.6 is 11.3 Å². The van der Waals surface area contributed by atoms with Crippen LogP contribution in [-0.4, -0.2) is 34.4 Å². The Morgan fingerprint density at radius 3 is 2.88 bits per heavy atom. The molecule has 0 radical (unpaired) electrons. The first-order chi connectivity index (χ1) is 11.7. The molecule has 1 aliphatic heterocycles. The topological polar surface area (TPSA) is 71.3 Å². The van der Waals surface area contributed by atoms with Crippen LogP contribution in [0.2, 0.25) is 0 Å². The second-order valence-corrected chi connectivity index (χ2v) is 6.38. The number of hydrogen-bond acceptors (Lipinski definition) is 6. The highest BCUT2D eigenvalue weighted by Crippen LogP contribution is 2.27. The first kappa shape index (κ1) is 14.9. The molecule has 3 heterocycles. The summed E-state index contributed by atoms with van der Waals surface area (Å²) < 4.78 is 5.87. The van der Waals surface area contributed by atoms with Gasteiger partial charge in [0, 0.05) is 31.0 Å². The van der Waals surface area contributed by atoms with Crippen molar-refractivity contribution in [3.05, 3.63) is 52.9 Å². The van der Waals surface area contributed by atoms with Crippen LogP contribution in [0.25, 0.3) is 11.5 Å². The molecule has 1 N–H and O–H groups in total. The zero-order valence-electron chi connectivity index (χ0n) is 13.2. The Morgan fingerprint density at radius 1 is 1.29 bits per heavy atom. The van der Waals surface area contributed by atoms with Gasteiger partial charge in [-0.25, -0.2) is 9.97 Å². The van der Waals surface area contributed by atoms with Crippen LogP contribution in [0.1, 0.15) is 21.9 Å². The number of oxazole rings is 1. The van der Waals surface area contributed by atoms with Gasteiger partial charge in [0.25, 0.3) is 5.91 Å². The summed E-state index contributed by atoms with van der Waals surface area (Å²) in [5.74, 6) is 1.41. The van der Waals surface area contributed by atoms with Crippen molar-refractivity contribution >= 4 is 22.4 Å². The van der Waals surface area contributed by atoms with Crippen LogP contribution in [0.3, 0.4) is 0 Å². The molecule has 0 aliphatic carbocycles. The van der Waals surface area contributed by atoms with Gasteiger partial charge in [-0.05, 0) is 12.1 Å². The van der Waals surface area contributed by atoms with Crippen LogP contribution in [0.15, 0.2) is 40.1 Å². The number of amides is 1. The smallest absolute Gasteiger partial charge is 0.273 e. The van der Waals surface area contributed by atoms with Gasteiger partial charge in [-0.15, -0.1) is 11.3 Å². The number of carbonyl (C=O) groups excluding carboxylic acids is 1. The Morgan fingerprint density at radius 2 is 2.12 bits per heavy atom. The summed E-state index contributed by atoms with van der Waals surface area (Å²) in [6.45, 7) is 1.07. The summed E-state index contributed by atoms with van der Waals surface area (Å²) in [7, 11) is 1.79. The fraction of sp³-hybridized carbons (Fsp3) is 0.235. The van der Waals surface area contributed by atoms with Crippen molar-refractivity contribution in [3.8, 4) is 11.5 Å². The minimum atomic E-state index is -0.0670. The van der Waals surface area contributed by atoms with Gasteiger partial charge in [0.1, 0.15) is 17.1 Å². The van der Waals surface area contributed by atoms with Gasteiger partial charge in [-0.2, -0.15) is 0 Å². The Balaban J connectivity index is 1.55. The third kappa shape index (κ3) is 2.67. The highest BCUT2D eigenvalue weighted by Gasteiger charge is 2.27. The molecule has 3 aromatic rings. The van der Waals surface area contributed by atoms with Crippen LogP contribution < -0.4 is 5.32 Å². The number of nitrogens with zero attached hydrogens (tertiary/aromatic N) is 3. The molecule has 7 heteroatoms. The average molecular weight is 340 g/mol. The van der Waals surface area contributed by atoms with E-state index >= 15 is 0 Å². The SMILES string of the molecule is CNc1nc(C(=O)N2CCc3oc(-c4ccccc4)nc3C2)cs1. The van der Waals surface area contributed by atoms with Crippen LogP contribution in [0, 0.1) is 0 Å². The number of nitrogens with one attached hydrogen (secondary N) is 1. The molecule has 122 valence electrons. The lowest BCUT2D eigenvalue weighted by molar-refractivity contribution is 0.0723. The molecule has 0 saturated carbocycles. The van der Waals surface area contributed by atoms with E-state index in [1.165, 1.54) is 11.3 Å². The van der Waals surface area contributed by atoms with Gasteiger partial charge in [-0.3, -0.25) is 4.79 Å². The standard InChI is InChI=1S/C17H16N4O2S/c1-18-17-20-13(10-24-17)16(22)21-8-7-14-12(9-21)19-15(23-14)11-5-3-2-4-6-11/h2-6,10H,7-9H2,1H3,(H,18,20). The molecule has 1 amide bonds. The molecule has 1 aromatic carbocycles. The van der Waals surface area contributed by atoms with Crippen LogP contribution in [0.4, 0.5) is 5.13 Å². The van der Waals surface area contributed by atoms with Gasteiger partial charge >= 0.3 is 0 Å². The summed E-state index contributed by atoms with van der Waals surface area (Å²) in [5, 5.41) is 5.47. The van der Waals surface area contributed by atoms with Crippen molar-refractivity contribution in [3.63, 3.8) is 0 Å². The second-order valence-electron chi connectivity index (χ2n) is 5.52. The van der Waals surface area contributed by atoms with E-state index in [2.05, 4.69) is 15.3 Å². The van der Waals surface area contributed by atoms with Gasteiger partial charge in [0.05, 0.1) is 6.54 Å². The van der Waals surface area contributed by atoms with Gasteiger partial charge in [-0.1, -0.05) is 18.2 Å². The molecule has 0 fully saturated rings. The van der Waals surface area contributed by atoms with Crippen molar-refractivity contribution in [2.24, 2.45) is 0 Å². The number of rotatable bonds is 3. The molecule has 24 heavy (non-hydrogen) atoms. The highest BCUT2D eigenvalue weighted by atomic mass is 32.1. The molecule has 2 aromatic heterocycles. The summed E-state index contributed by atoms with van der Waals surface area (Å²) in [4.78, 5) is 23.2. The molecule has 0 atom stereocenters. The number of hydrogen-bond donors (Lipinski definition) is 1. The first-order valence-electron chi connectivity index (χ1n) is 7.71. The summed E-state index contributed by atoms with van der Waals surface area (Å²) in [6, 6.07) is 9.80. The minimum absolute atomic E-state index is 0.0670. The lowest BCUT2D eigenvalue weighted by Crippen LogP contribution is -2.36. The van der Waals surface area contributed by atoms with Crippen molar-refractivity contribution < 1.29 is 9.21 Å². The number of fused-ring (bicyclic) bond motifs is 1. The maximum absolute atomic E-state index is 12.6. The van der Waals surface area contributed by atoms with E-state index in [4.69, 9.17) is 4.42 Å². The van der Waals surface area contributed by atoms with Crippen molar-refractivity contribution in [2.75, 3.05) is 18.9 Å². The molecule has 0 spiro atoms. The van der Waals surface area contributed by atoms with Crippen LogP contribution in [0.5, 0.6) is 0 Å². The fourth-order valence-corrected chi connectivity index (χ4v) is 3.37. The third-order valence-electron chi connectivity index (χ3n) is 3.97. The predicted octanol–water partition coefficient (Wildman–Crippen LogP) is 3.04. The Kier molecular flexibility index (Phi) is 3.78. The Bertz CT molecular complexity index is 872. The molecule has 1 aliphatic rings. The quantitative estimate of drug-likeness (QED) is 0.793. The third-order valence-corrected chi connectivity index (χ3v) is 4.83. The largest absolute Gasteiger partial charge is 0.441 e. The molecule has 0 unspecified atom stereocenters. The lowest BCUT2D eigenvalue weighted by atomic mass is 10.1. The summed E-state index contributed by atoms with van der Waals surface area (Å²) >= 11 is 1.43. The van der Waals surface area contributed by atoms with Gasteiger partial charge in [0.2, 0.25) is 5.89 Å². The average Bonchev–Trinajstić information content (AvgIpc) is 3.28. The van der Waals surface area contributed by atoms with E-state index in [9.17, 15) is 4.79 Å². The number of aromatic nitrogens is 2. The number of carbonyl (C=O) groups is 1. The van der Waals surface area contributed by atoms with Gasteiger partial charge < -0.3 is 14.6 Å². The van der Waals surface area contributed by atoms with Crippen LogP contribution in [-0.2, 0) is 13.0 Å². The molecule has 4 rings (SSSR count). The van der Waals surface area contributed by atoms with Crippen molar-refractivity contribution in [1.82, 2.24) is 14.9 Å². The summed E-state index contributed by atoms with van der Waals surface area (Å²) in [6.07, 6.45) is 0.671. The molecule has 6 nitrogen and oxygen atoms in total. The Hall–Kier alpha value is -2.67. The van der Waals surface area contributed by atoms with Crippen molar-refractivity contribution in [2.45, 2.75) is 13.0 Å². The molecular weight excluding hydrogens is 324 g/mol. The molecule has 0 bridgehead atoms. The van der Waals surface area contributed by atoms with E-state index in [0.717, 1.165) is 22.1 Å². The Labute approximate surface area is 143 Å². The summed E-state index contributed by atoms with van der Waals surface area (Å²) in [5.41, 5.74) is 2.25. The highest BCUT2D eigenvalue weighted by molar-refractivity contribution is 7.13.